The van der Waals surface area contributed by atoms with Crippen molar-refractivity contribution in [1.29, 1.82) is 0 Å². The monoisotopic (exact) mass is 298 g/mol. The Labute approximate surface area is 128 Å². The molecule has 1 aromatic carbocycles. The maximum absolute atomic E-state index is 12.8. The number of fused-ring (bicyclic) bond motifs is 2. The summed E-state index contributed by atoms with van der Waals surface area (Å²) < 4.78 is 5.34. The molecule has 0 bridgehead atoms. The molecule has 114 valence electrons. The van der Waals surface area contributed by atoms with Crippen molar-refractivity contribution in [3.8, 4) is 0 Å². The number of carbonyl (C=O) groups is 1. The molecule has 0 spiro atoms. The highest BCUT2D eigenvalue weighted by atomic mass is 16.5. The summed E-state index contributed by atoms with van der Waals surface area (Å²) in [5, 5.41) is 14.3. The van der Waals surface area contributed by atoms with Gasteiger partial charge in [-0.25, -0.2) is 0 Å². The molecule has 1 N–H and O–H groups in total. The van der Waals surface area contributed by atoms with E-state index in [-0.39, 0.29) is 5.91 Å². The molecule has 0 radical (unpaired) electrons. The largest absolute Gasteiger partial charge is 0.387 e. The standard InChI is InChI=1S/C17H18N2O3/c20-14-10-19(9-11-5-1-2-6-12(11)14)17(21)16-13-7-3-4-8-15(13)22-18-16/h1-2,5-6,14,20H,3-4,7-10H2/t14-/m1/s1. The first-order valence-electron chi connectivity index (χ1n) is 7.76. The molecule has 5 heteroatoms. The predicted octanol–water partition coefficient (Wildman–Crippen LogP) is 2.24. The number of hydrogen-bond acceptors (Lipinski definition) is 4. The summed E-state index contributed by atoms with van der Waals surface area (Å²) in [4.78, 5) is 14.4. The average molecular weight is 298 g/mol. The fourth-order valence-corrected chi connectivity index (χ4v) is 3.44. The molecule has 1 aromatic heterocycles. The molecule has 22 heavy (non-hydrogen) atoms. The van der Waals surface area contributed by atoms with E-state index in [4.69, 9.17) is 4.52 Å². The highest BCUT2D eigenvalue weighted by molar-refractivity contribution is 5.94. The van der Waals surface area contributed by atoms with Crippen LogP contribution in [0, 0.1) is 0 Å². The van der Waals surface area contributed by atoms with Crippen LogP contribution in [-0.2, 0) is 19.4 Å². The number of hydrogen-bond donors (Lipinski definition) is 1. The van der Waals surface area contributed by atoms with Gasteiger partial charge < -0.3 is 14.5 Å². The number of aryl methyl sites for hydroxylation is 1. The average Bonchev–Trinajstić information content (AvgIpc) is 2.98. The van der Waals surface area contributed by atoms with Crippen LogP contribution in [0.4, 0.5) is 0 Å². The van der Waals surface area contributed by atoms with Crippen molar-refractivity contribution in [3.63, 3.8) is 0 Å². The first-order valence-corrected chi connectivity index (χ1v) is 7.76. The zero-order valence-electron chi connectivity index (χ0n) is 12.3. The van der Waals surface area contributed by atoms with Gasteiger partial charge in [0.15, 0.2) is 5.69 Å². The maximum atomic E-state index is 12.8. The Hall–Kier alpha value is -2.14. The molecule has 0 saturated carbocycles. The predicted molar refractivity (Wildman–Crippen MR) is 79.3 cm³/mol. The Morgan fingerprint density at radius 1 is 1.27 bits per heavy atom. The summed E-state index contributed by atoms with van der Waals surface area (Å²) in [6, 6.07) is 7.71. The number of amides is 1. The summed E-state index contributed by atoms with van der Waals surface area (Å²) in [6.07, 6.45) is 3.23. The van der Waals surface area contributed by atoms with Crippen molar-refractivity contribution in [3.05, 3.63) is 52.4 Å². The van der Waals surface area contributed by atoms with Gasteiger partial charge in [0.1, 0.15) is 5.76 Å². The van der Waals surface area contributed by atoms with E-state index in [0.29, 0.717) is 18.8 Å². The van der Waals surface area contributed by atoms with Crippen LogP contribution in [0.25, 0.3) is 0 Å². The molecule has 1 aliphatic heterocycles. The molecule has 2 aliphatic rings. The second kappa shape index (κ2) is 5.25. The van der Waals surface area contributed by atoms with Crippen LogP contribution in [0.15, 0.2) is 28.8 Å². The summed E-state index contributed by atoms with van der Waals surface area (Å²) in [5.41, 5.74) is 3.30. The van der Waals surface area contributed by atoms with Crippen molar-refractivity contribution in [1.82, 2.24) is 10.1 Å². The highest BCUT2D eigenvalue weighted by Crippen LogP contribution is 2.29. The van der Waals surface area contributed by atoms with Crippen LogP contribution in [0.5, 0.6) is 0 Å². The summed E-state index contributed by atoms with van der Waals surface area (Å²) in [7, 11) is 0. The van der Waals surface area contributed by atoms with E-state index in [1.165, 1.54) is 0 Å². The van der Waals surface area contributed by atoms with E-state index in [1.807, 2.05) is 24.3 Å². The van der Waals surface area contributed by atoms with Crippen molar-refractivity contribution in [2.45, 2.75) is 38.3 Å². The summed E-state index contributed by atoms with van der Waals surface area (Å²) in [5.74, 6) is 0.716. The molecule has 2 heterocycles. The summed E-state index contributed by atoms with van der Waals surface area (Å²) >= 11 is 0. The Bertz CT molecular complexity index is 722. The quantitative estimate of drug-likeness (QED) is 0.877. The van der Waals surface area contributed by atoms with Crippen molar-refractivity contribution in [2.75, 3.05) is 6.54 Å². The molecule has 1 atom stereocenters. The minimum atomic E-state index is -0.642. The lowest BCUT2D eigenvalue weighted by Gasteiger charge is -2.31. The van der Waals surface area contributed by atoms with Crippen LogP contribution in [0.1, 0.15) is 51.9 Å². The molecular formula is C17H18N2O3. The van der Waals surface area contributed by atoms with Crippen molar-refractivity contribution >= 4 is 5.91 Å². The third-order valence-electron chi connectivity index (χ3n) is 4.61. The molecule has 2 aromatic rings. The minimum Gasteiger partial charge on any atom is -0.387 e. The number of carbonyl (C=O) groups excluding carboxylic acids is 1. The third-order valence-corrected chi connectivity index (χ3v) is 4.61. The van der Waals surface area contributed by atoms with E-state index < -0.39 is 6.10 Å². The lowest BCUT2D eigenvalue weighted by atomic mass is 9.94. The molecular weight excluding hydrogens is 280 g/mol. The SMILES string of the molecule is O=C(c1noc2c1CCCC2)N1Cc2ccccc2[C@H](O)C1. The van der Waals surface area contributed by atoms with Gasteiger partial charge in [-0.15, -0.1) is 0 Å². The molecule has 0 fully saturated rings. The smallest absolute Gasteiger partial charge is 0.276 e. The Balaban J connectivity index is 1.63. The van der Waals surface area contributed by atoms with E-state index >= 15 is 0 Å². The number of aliphatic hydroxyl groups excluding tert-OH is 1. The normalized spacial score (nSPS) is 20.4. The van der Waals surface area contributed by atoms with Gasteiger partial charge in [0.2, 0.25) is 0 Å². The van der Waals surface area contributed by atoms with Crippen molar-refractivity contribution in [2.24, 2.45) is 0 Å². The van der Waals surface area contributed by atoms with Crippen LogP contribution in [0.2, 0.25) is 0 Å². The maximum Gasteiger partial charge on any atom is 0.276 e. The van der Waals surface area contributed by atoms with Gasteiger partial charge in [-0.1, -0.05) is 29.4 Å². The Morgan fingerprint density at radius 3 is 3.00 bits per heavy atom. The van der Waals surface area contributed by atoms with Crippen LogP contribution in [0.3, 0.4) is 0 Å². The number of nitrogens with zero attached hydrogens (tertiary/aromatic N) is 2. The summed E-state index contributed by atoms with van der Waals surface area (Å²) in [6.45, 7) is 0.811. The van der Waals surface area contributed by atoms with Gasteiger partial charge in [0, 0.05) is 18.5 Å². The molecule has 0 saturated heterocycles. The second-order valence-corrected chi connectivity index (χ2v) is 6.04. The minimum absolute atomic E-state index is 0.138. The Kier molecular flexibility index (Phi) is 3.22. The second-order valence-electron chi connectivity index (χ2n) is 6.04. The van der Waals surface area contributed by atoms with Gasteiger partial charge in [-0.05, 0) is 30.4 Å². The van der Waals surface area contributed by atoms with Crippen LogP contribution in [-0.4, -0.2) is 27.6 Å². The van der Waals surface area contributed by atoms with Crippen LogP contribution < -0.4 is 0 Å². The lowest BCUT2D eigenvalue weighted by molar-refractivity contribution is 0.0540. The topological polar surface area (TPSA) is 66.6 Å². The fourth-order valence-electron chi connectivity index (χ4n) is 3.44. The third kappa shape index (κ3) is 2.13. The number of rotatable bonds is 1. The molecule has 5 nitrogen and oxygen atoms in total. The van der Waals surface area contributed by atoms with Gasteiger partial charge in [-0.3, -0.25) is 4.79 Å². The molecule has 1 amide bonds. The molecule has 1 aliphatic carbocycles. The van der Waals surface area contributed by atoms with E-state index in [1.54, 1.807) is 4.90 Å². The van der Waals surface area contributed by atoms with E-state index in [0.717, 1.165) is 48.1 Å². The molecule has 0 unspecified atom stereocenters. The zero-order valence-corrected chi connectivity index (χ0v) is 12.3. The Morgan fingerprint density at radius 2 is 2.09 bits per heavy atom. The van der Waals surface area contributed by atoms with Gasteiger partial charge in [-0.2, -0.15) is 0 Å². The first-order chi connectivity index (χ1) is 10.7. The van der Waals surface area contributed by atoms with Gasteiger partial charge in [0.25, 0.3) is 5.91 Å². The number of aromatic nitrogens is 1. The fraction of sp³-hybridized carbons (Fsp3) is 0.412. The first kappa shape index (κ1) is 13.5. The number of benzene rings is 1. The molecule has 4 rings (SSSR count). The van der Waals surface area contributed by atoms with Crippen molar-refractivity contribution < 1.29 is 14.4 Å². The van der Waals surface area contributed by atoms with Gasteiger partial charge in [0.05, 0.1) is 12.6 Å². The van der Waals surface area contributed by atoms with E-state index in [2.05, 4.69) is 5.16 Å². The highest BCUT2D eigenvalue weighted by Gasteiger charge is 2.31. The van der Waals surface area contributed by atoms with E-state index in [9.17, 15) is 9.90 Å². The lowest BCUT2D eigenvalue weighted by Crippen LogP contribution is -2.38. The number of β-amino-alcohol motifs (C(OH)–C–C–N with tert-alkyl or cyclic N) is 1. The zero-order chi connectivity index (χ0) is 15.1. The van der Waals surface area contributed by atoms with Gasteiger partial charge >= 0.3 is 0 Å². The van der Waals surface area contributed by atoms with Crippen LogP contribution >= 0.6 is 0 Å². The number of aliphatic hydroxyl groups is 1.